The summed E-state index contributed by atoms with van der Waals surface area (Å²) in [5.41, 5.74) is 0. The summed E-state index contributed by atoms with van der Waals surface area (Å²) in [4.78, 5) is 0. The van der Waals surface area contributed by atoms with Crippen LogP contribution in [0.2, 0.25) is 8.35 Å². The molecule has 0 saturated carbocycles. The van der Waals surface area contributed by atoms with E-state index in [2.05, 4.69) is 0 Å². The van der Waals surface area contributed by atoms with Crippen molar-refractivity contribution < 1.29 is 0 Å². The molecule has 0 aromatic heterocycles. The zero-order chi connectivity index (χ0) is 4.83. The van der Waals surface area contributed by atoms with Crippen molar-refractivity contribution in [1.29, 1.82) is 0 Å². The van der Waals surface area contributed by atoms with Crippen LogP contribution in [-0.2, 0) is 0 Å². The zero-order valence-electron chi connectivity index (χ0n) is 3.98. The van der Waals surface area contributed by atoms with E-state index in [0.29, 0.717) is 0 Å². The summed E-state index contributed by atoms with van der Waals surface area (Å²) in [7, 11) is 0. The van der Waals surface area contributed by atoms with Crippen molar-refractivity contribution in [2.45, 2.75) is 21.2 Å². The van der Waals surface area contributed by atoms with Crippen LogP contribution >= 0.6 is 0 Å². The van der Waals surface area contributed by atoms with E-state index >= 15 is 0 Å². The van der Waals surface area contributed by atoms with E-state index in [-0.39, 0.29) is 0 Å². The van der Waals surface area contributed by atoms with E-state index in [4.69, 9.17) is 0 Å². The van der Waals surface area contributed by atoms with Crippen LogP contribution in [-0.4, -0.2) is 48.7 Å². The number of hydrogen-bond acceptors (Lipinski definition) is 0. The van der Waals surface area contributed by atoms with Gasteiger partial charge in [-0.3, -0.25) is 0 Å². The molecule has 0 aliphatic carbocycles. The summed E-state index contributed by atoms with van der Waals surface area (Å²) >= 11 is 2.94. The van der Waals surface area contributed by atoms with Crippen LogP contribution in [0.5, 0.6) is 0 Å². The number of rotatable bonds is 3. The molecule has 0 saturated heterocycles. The maximum absolute atomic E-state index is 1.51. The van der Waals surface area contributed by atoms with Crippen molar-refractivity contribution in [2.24, 2.45) is 0 Å². The van der Waals surface area contributed by atoms with E-state index in [9.17, 15) is 0 Å². The molecule has 30 valence electrons. The Morgan fingerprint density at radius 1 is 0.833 bits per heavy atom. The molecule has 0 amide bonds. The van der Waals surface area contributed by atoms with Gasteiger partial charge in [0.05, 0.1) is 0 Å². The first-order valence-corrected chi connectivity index (χ1v) is 6.98. The molecule has 0 aliphatic heterocycles. The van der Waals surface area contributed by atoms with Gasteiger partial charge in [-0.15, -0.1) is 0 Å². The Bertz CT molecular complexity index is 17.5. The molecule has 0 N–H and O–H groups in total. The van der Waals surface area contributed by atoms with Crippen molar-refractivity contribution in [2.75, 3.05) is 0 Å². The quantitative estimate of drug-likeness (QED) is 0.677. The van der Waals surface area contributed by atoms with Crippen LogP contribution in [0.3, 0.4) is 0 Å². The first kappa shape index (κ1) is 7.74. The molecule has 2 heteroatoms. The van der Waals surface area contributed by atoms with E-state index in [1.54, 1.807) is 0 Å². The topological polar surface area (TPSA) is 0 Å². The van der Waals surface area contributed by atoms with Crippen molar-refractivity contribution in [1.82, 2.24) is 0 Å². The van der Waals surface area contributed by atoms with Gasteiger partial charge in [-0.25, -0.2) is 0 Å². The summed E-state index contributed by atoms with van der Waals surface area (Å²) in [6.07, 6.45) is 3.01. The fraction of sp³-hybridized carbons (Fsp3) is 1.00. The molecule has 0 aliphatic rings. The standard InChI is InChI=1S/C4H8.2In/c1-3-4-2;;/h1-4H2;;. The first-order valence-electron chi connectivity index (χ1n) is 2.32. The van der Waals surface area contributed by atoms with Gasteiger partial charge in [-0.05, 0) is 0 Å². The summed E-state index contributed by atoms with van der Waals surface area (Å²) < 4.78 is 3.01. The maximum atomic E-state index is 1.51. The molecule has 6 heavy (non-hydrogen) atoms. The van der Waals surface area contributed by atoms with Crippen molar-refractivity contribution in [3.8, 4) is 0 Å². The summed E-state index contributed by atoms with van der Waals surface area (Å²) in [5.74, 6) is 0. The van der Waals surface area contributed by atoms with Gasteiger partial charge < -0.3 is 0 Å². The van der Waals surface area contributed by atoms with Gasteiger partial charge in [-0.2, -0.15) is 0 Å². The SMILES string of the molecule is [In][CH2]CC[CH2][In]. The van der Waals surface area contributed by atoms with Crippen LogP contribution < -0.4 is 0 Å². The molecule has 4 radical (unpaired) electrons. The second-order valence-electron chi connectivity index (χ2n) is 1.28. The molecule has 0 rings (SSSR count). The molecule has 0 atom stereocenters. The van der Waals surface area contributed by atoms with Gasteiger partial charge in [0, 0.05) is 0 Å². The molecule has 0 heterocycles. The second-order valence-corrected chi connectivity index (χ2v) is 4.58. The molecular formula is C4H8In2. The zero-order valence-corrected chi connectivity index (χ0v) is 10.6. The minimum absolute atomic E-state index is 1.47. The van der Waals surface area contributed by atoms with Crippen LogP contribution in [0.15, 0.2) is 0 Å². The number of unbranched alkanes of at least 4 members (excludes halogenated alkanes) is 1. The Labute approximate surface area is 69.2 Å². The molecule has 0 nitrogen and oxygen atoms in total. The molecular weight excluding hydrogens is 278 g/mol. The molecule has 0 unspecified atom stereocenters. The van der Waals surface area contributed by atoms with Crippen LogP contribution in [0, 0.1) is 0 Å². The van der Waals surface area contributed by atoms with Crippen molar-refractivity contribution in [3.05, 3.63) is 0 Å². The summed E-state index contributed by atoms with van der Waals surface area (Å²) in [5, 5.41) is 0. The van der Waals surface area contributed by atoms with Crippen molar-refractivity contribution in [3.63, 3.8) is 0 Å². The van der Waals surface area contributed by atoms with Gasteiger partial charge >= 0.3 is 69.9 Å². The third-order valence-electron chi connectivity index (χ3n) is 0.658. The fourth-order valence-electron chi connectivity index (χ4n) is 0.289. The van der Waals surface area contributed by atoms with Crippen LogP contribution in [0.25, 0.3) is 0 Å². The molecule has 0 spiro atoms. The van der Waals surface area contributed by atoms with E-state index < -0.39 is 0 Å². The predicted octanol–water partition coefficient (Wildman–Crippen LogP) is 0.940. The third-order valence-corrected chi connectivity index (χ3v) is 2.99. The fourth-order valence-corrected chi connectivity index (χ4v) is 1.94. The Morgan fingerprint density at radius 3 is 1.33 bits per heavy atom. The average Bonchev–Trinajstić information content (AvgIpc) is 1.61. The van der Waals surface area contributed by atoms with Gasteiger partial charge in [0.2, 0.25) is 0 Å². The normalized spacial score (nSPS) is 8.67. The third kappa shape index (κ3) is 5.74. The van der Waals surface area contributed by atoms with Gasteiger partial charge in [0.25, 0.3) is 0 Å². The molecule has 0 bridgehead atoms. The van der Waals surface area contributed by atoms with Gasteiger partial charge in [0.15, 0.2) is 0 Å². The monoisotopic (exact) mass is 286 g/mol. The van der Waals surface area contributed by atoms with Gasteiger partial charge in [-0.1, -0.05) is 0 Å². The van der Waals surface area contributed by atoms with Crippen molar-refractivity contribution >= 4 is 48.7 Å². The van der Waals surface area contributed by atoms with E-state index in [1.165, 1.54) is 69.9 Å². The van der Waals surface area contributed by atoms with Crippen LogP contribution in [0.1, 0.15) is 12.8 Å². The Morgan fingerprint density at radius 2 is 1.17 bits per heavy atom. The van der Waals surface area contributed by atoms with Gasteiger partial charge in [0.1, 0.15) is 0 Å². The Hall–Kier alpha value is 1.74. The Kier molecular flexibility index (Phi) is 8.70. The second kappa shape index (κ2) is 6.74. The minimum atomic E-state index is 1.47. The van der Waals surface area contributed by atoms with Crippen LogP contribution in [0.4, 0.5) is 0 Å². The first-order chi connectivity index (χ1) is 2.91. The number of hydrogen-bond donors (Lipinski definition) is 0. The summed E-state index contributed by atoms with van der Waals surface area (Å²) in [6, 6.07) is 0. The van der Waals surface area contributed by atoms with E-state index in [1.807, 2.05) is 0 Å². The van der Waals surface area contributed by atoms with E-state index in [0.717, 1.165) is 0 Å². The molecule has 0 aromatic rings. The average molecular weight is 286 g/mol. The Balaban J connectivity index is 2.34. The summed E-state index contributed by atoms with van der Waals surface area (Å²) in [6.45, 7) is 0. The predicted molar refractivity (Wildman–Crippen MR) is 30.4 cm³/mol. The molecule has 0 aromatic carbocycles. The molecule has 0 fully saturated rings.